The summed E-state index contributed by atoms with van der Waals surface area (Å²) >= 11 is 5.12. The van der Waals surface area contributed by atoms with Crippen LogP contribution in [0.2, 0.25) is 0 Å². The normalized spacial score (nSPS) is 17.0. The zero-order chi connectivity index (χ0) is 16.1. The molecule has 1 aliphatic rings. The first-order valence-corrected chi connectivity index (χ1v) is 7.97. The van der Waals surface area contributed by atoms with Crippen molar-refractivity contribution in [3.05, 3.63) is 52.8 Å². The lowest BCUT2D eigenvalue weighted by atomic mass is 10.2. The predicted octanol–water partition coefficient (Wildman–Crippen LogP) is 3.55. The van der Waals surface area contributed by atoms with Crippen molar-refractivity contribution in [2.45, 2.75) is 18.9 Å². The van der Waals surface area contributed by atoms with Crippen LogP contribution in [-0.2, 0) is 4.74 Å². The number of aromatic amines is 1. The number of pyridine rings is 1. The van der Waals surface area contributed by atoms with E-state index < -0.39 is 0 Å². The van der Waals surface area contributed by atoms with Gasteiger partial charge in [0.05, 0.1) is 11.7 Å². The number of H-pyrrole nitrogens is 1. The largest absolute Gasteiger partial charge is 0.491 e. The molecular formula is C17H18N2O3S. The number of carbonyl (C=O) groups excluding carboxylic acids is 1. The first kappa shape index (κ1) is 15.7. The summed E-state index contributed by atoms with van der Waals surface area (Å²) in [7, 11) is 0. The van der Waals surface area contributed by atoms with Crippen LogP contribution in [0.5, 0.6) is 5.75 Å². The third kappa shape index (κ3) is 4.18. The maximum absolute atomic E-state index is 12.3. The fraction of sp³-hybridized carbons (Fsp3) is 0.294. The molecule has 0 spiro atoms. The highest BCUT2D eigenvalue weighted by Gasteiger charge is 2.16. The number of hydrogen-bond donors (Lipinski definition) is 2. The fourth-order valence-corrected chi connectivity index (χ4v) is 2.66. The van der Waals surface area contributed by atoms with Crippen LogP contribution in [0.4, 0.5) is 5.69 Å². The molecule has 5 nitrogen and oxygen atoms in total. The molecule has 1 aromatic heterocycles. The molecule has 1 amide bonds. The molecule has 2 heterocycles. The molecule has 0 bridgehead atoms. The van der Waals surface area contributed by atoms with E-state index in [2.05, 4.69) is 10.3 Å². The molecule has 1 fully saturated rings. The Morgan fingerprint density at radius 3 is 3.09 bits per heavy atom. The molecule has 0 radical (unpaired) electrons. The molecule has 6 heteroatoms. The van der Waals surface area contributed by atoms with Crippen LogP contribution in [0.15, 0.2) is 42.6 Å². The van der Waals surface area contributed by atoms with E-state index in [4.69, 9.17) is 21.7 Å². The molecule has 0 unspecified atom stereocenters. The summed E-state index contributed by atoms with van der Waals surface area (Å²) in [5.41, 5.74) is 1.10. The minimum Gasteiger partial charge on any atom is -0.491 e. The van der Waals surface area contributed by atoms with E-state index in [1.165, 1.54) is 0 Å². The molecule has 1 aliphatic heterocycles. The average Bonchev–Trinajstić information content (AvgIpc) is 3.07. The van der Waals surface area contributed by atoms with Gasteiger partial charge in [-0.25, -0.2) is 0 Å². The van der Waals surface area contributed by atoms with Crippen LogP contribution in [0, 0.1) is 4.64 Å². The fourth-order valence-electron chi connectivity index (χ4n) is 2.43. The third-order valence-corrected chi connectivity index (χ3v) is 3.95. The van der Waals surface area contributed by atoms with Crippen LogP contribution < -0.4 is 10.1 Å². The second-order valence-electron chi connectivity index (χ2n) is 5.34. The van der Waals surface area contributed by atoms with Crippen molar-refractivity contribution in [1.82, 2.24) is 4.98 Å². The molecule has 2 aromatic rings. The Labute approximate surface area is 139 Å². The van der Waals surface area contributed by atoms with Crippen molar-refractivity contribution in [3.8, 4) is 5.75 Å². The van der Waals surface area contributed by atoms with Crippen molar-refractivity contribution < 1.29 is 14.3 Å². The Bertz CT molecular complexity index is 738. The van der Waals surface area contributed by atoms with Gasteiger partial charge in [0, 0.05) is 24.6 Å². The number of rotatable bonds is 5. The van der Waals surface area contributed by atoms with Crippen LogP contribution in [-0.4, -0.2) is 30.2 Å². The molecule has 2 N–H and O–H groups in total. The SMILES string of the molecule is O=C(Nc1cccc(OC[C@@H]2CCCO2)c1)c1ccc[nH]c1=S. The highest BCUT2D eigenvalue weighted by Crippen LogP contribution is 2.20. The summed E-state index contributed by atoms with van der Waals surface area (Å²) in [4.78, 5) is 15.1. The van der Waals surface area contributed by atoms with Gasteiger partial charge in [-0.15, -0.1) is 0 Å². The molecule has 3 rings (SSSR count). The van der Waals surface area contributed by atoms with Gasteiger partial charge in [-0.1, -0.05) is 18.3 Å². The smallest absolute Gasteiger partial charge is 0.258 e. The number of nitrogens with one attached hydrogen (secondary N) is 2. The van der Waals surface area contributed by atoms with E-state index >= 15 is 0 Å². The van der Waals surface area contributed by atoms with Gasteiger partial charge in [-0.05, 0) is 37.1 Å². The van der Waals surface area contributed by atoms with E-state index in [0.717, 1.165) is 19.4 Å². The number of amides is 1. The van der Waals surface area contributed by atoms with Crippen LogP contribution in [0.3, 0.4) is 0 Å². The number of hydrogen-bond acceptors (Lipinski definition) is 4. The lowest BCUT2D eigenvalue weighted by Crippen LogP contribution is -2.16. The second-order valence-corrected chi connectivity index (χ2v) is 5.75. The molecule has 1 atom stereocenters. The Kier molecular flexibility index (Phi) is 5.05. The van der Waals surface area contributed by atoms with Crippen molar-refractivity contribution in [2.24, 2.45) is 0 Å². The molecule has 0 aliphatic carbocycles. The summed E-state index contributed by atoms with van der Waals surface area (Å²) in [5, 5.41) is 2.83. The standard InChI is InChI=1S/C17H18N2O3S/c20-16(15-7-2-8-18-17(15)23)19-12-4-1-5-13(10-12)22-11-14-6-3-9-21-14/h1-2,4-5,7-8,10,14H,3,6,9,11H2,(H,18,23)(H,19,20)/t14-/m0/s1. The van der Waals surface area contributed by atoms with Gasteiger partial charge in [0.2, 0.25) is 0 Å². The highest BCUT2D eigenvalue weighted by molar-refractivity contribution is 7.71. The minimum absolute atomic E-state index is 0.163. The number of carbonyl (C=O) groups is 1. The van der Waals surface area contributed by atoms with Gasteiger partial charge < -0.3 is 19.8 Å². The van der Waals surface area contributed by atoms with E-state index in [0.29, 0.717) is 28.2 Å². The average molecular weight is 330 g/mol. The summed E-state index contributed by atoms with van der Waals surface area (Å²) in [6.45, 7) is 1.34. The Morgan fingerprint density at radius 1 is 1.39 bits per heavy atom. The minimum atomic E-state index is -0.247. The first-order chi connectivity index (χ1) is 11.2. The first-order valence-electron chi connectivity index (χ1n) is 7.56. The van der Waals surface area contributed by atoms with Gasteiger partial charge >= 0.3 is 0 Å². The van der Waals surface area contributed by atoms with Crippen molar-refractivity contribution in [3.63, 3.8) is 0 Å². The highest BCUT2D eigenvalue weighted by atomic mass is 32.1. The number of benzene rings is 1. The van der Waals surface area contributed by atoms with Crippen LogP contribution in [0.25, 0.3) is 0 Å². The topological polar surface area (TPSA) is 63.4 Å². The third-order valence-electron chi connectivity index (χ3n) is 3.61. The number of anilines is 1. The molecule has 1 saturated heterocycles. The van der Waals surface area contributed by atoms with E-state index in [1.54, 1.807) is 24.4 Å². The van der Waals surface area contributed by atoms with Gasteiger partial charge in [-0.2, -0.15) is 0 Å². The van der Waals surface area contributed by atoms with Crippen LogP contribution >= 0.6 is 12.2 Å². The zero-order valence-electron chi connectivity index (χ0n) is 12.6. The Balaban J connectivity index is 1.64. The van der Waals surface area contributed by atoms with Crippen LogP contribution in [0.1, 0.15) is 23.2 Å². The maximum Gasteiger partial charge on any atom is 0.258 e. The Hall–Kier alpha value is -2.18. The molecule has 0 saturated carbocycles. The second kappa shape index (κ2) is 7.39. The van der Waals surface area contributed by atoms with Crippen molar-refractivity contribution in [2.75, 3.05) is 18.5 Å². The summed E-state index contributed by atoms with van der Waals surface area (Å²) < 4.78 is 11.7. The summed E-state index contributed by atoms with van der Waals surface area (Å²) in [5.74, 6) is 0.458. The molecule has 23 heavy (non-hydrogen) atoms. The van der Waals surface area contributed by atoms with E-state index in [-0.39, 0.29) is 12.0 Å². The Morgan fingerprint density at radius 2 is 2.30 bits per heavy atom. The molecular weight excluding hydrogens is 312 g/mol. The predicted molar refractivity (Wildman–Crippen MR) is 90.5 cm³/mol. The quantitative estimate of drug-likeness (QED) is 0.823. The lowest BCUT2D eigenvalue weighted by Gasteiger charge is -2.12. The van der Waals surface area contributed by atoms with Crippen molar-refractivity contribution >= 4 is 23.8 Å². The van der Waals surface area contributed by atoms with Gasteiger partial charge in [0.25, 0.3) is 5.91 Å². The van der Waals surface area contributed by atoms with E-state index in [9.17, 15) is 4.79 Å². The summed E-state index contributed by atoms with van der Waals surface area (Å²) in [6, 6.07) is 10.7. The monoisotopic (exact) mass is 330 g/mol. The van der Waals surface area contributed by atoms with Gasteiger partial charge in [-0.3, -0.25) is 4.79 Å². The zero-order valence-corrected chi connectivity index (χ0v) is 13.4. The molecule has 120 valence electrons. The summed E-state index contributed by atoms with van der Waals surface area (Å²) in [6.07, 6.45) is 3.97. The van der Waals surface area contributed by atoms with Gasteiger partial charge in [0.1, 0.15) is 17.0 Å². The number of aromatic nitrogens is 1. The van der Waals surface area contributed by atoms with Crippen molar-refractivity contribution in [1.29, 1.82) is 0 Å². The number of ether oxygens (including phenoxy) is 2. The maximum atomic E-state index is 12.3. The lowest BCUT2D eigenvalue weighted by molar-refractivity contribution is 0.0680. The molecule has 1 aromatic carbocycles. The van der Waals surface area contributed by atoms with E-state index in [1.807, 2.05) is 18.2 Å². The van der Waals surface area contributed by atoms with Gasteiger partial charge in [0.15, 0.2) is 0 Å².